The van der Waals surface area contributed by atoms with Gasteiger partial charge in [0, 0.05) is 23.7 Å². The van der Waals surface area contributed by atoms with Gasteiger partial charge in [0.25, 0.3) is 0 Å². The number of rotatable bonds is 6. The van der Waals surface area contributed by atoms with Crippen molar-refractivity contribution in [3.05, 3.63) is 34.3 Å². The van der Waals surface area contributed by atoms with Gasteiger partial charge < -0.3 is 10.1 Å². The molecular formula is C14H20BrNO. The Morgan fingerprint density at radius 3 is 2.82 bits per heavy atom. The van der Waals surface area contributed by atoms with Crippen molar-refractivity contribution in [2.24, 2.45) is 5.92 Å². The summed E-state index contributed by atoms with van der Waals surface area (Å²) in [5.74, 6) is 0.810. The molecular weight excluding hydrogens is 278 g/mol. The maximum Gasteiger partial charge on any atom is 0.0618 e. The van der Waals surface area contributed by atoms with Gasteiger partial charge in [0.05, 0.1) is 6.61 Å². The highest BCUT2D eigenvalue weighted by Gasteiger charge is 2.31. The third kappa shape index (κ3) is 3.80. The number of halogens is 1. The van der Waals surface area contributed by atoms with Gasteiger partial charge in [-0.25, -0.2) is 0 Å². The van der Waals surface area contributed by atoms with E-state index in [9.17, 15) is 0 Å². The number of benzene rings is 1. The van der Waals surface area contributed by atoms with Gasteiger partial charge >= 0.3 is 0 Å². The highest BCUT2D eigenvalue weighted by molar-refractivity contribution is 9.10. The predicted molar refractivity (Wildman–Crippen MR) is 74.1 cm³/mol. The van der Waals surface area contributed by atoms with E-state index in [0.717, 1.165) is 17.0 Å². The maximum atomic E-state index is 5.29. The zero-order valence-electron chi connectivity index (χ0n) is 10.4. The summed E-state index contributed by atoms with van der Waals surface area (Å²) in [7, 11) is 1.78. The van der Waals surface area contributed by atoms with Crippen LogP contribution >= 0.6 is 15.9 Å². The fourth-order valence-corrected chi connectivity index (χ4v) is 2.61. The Hall–Kier alpha value is -0.380. The zero-order chi connectivity index (χ0) is 12.3. The van der Waals surface area contributed by atoms with Crippen LogP contribution in [-0.4, -0.2) is 19.8 Å². The van der Waals surface area contributed by atoms with Gasteiger partial charge in [-0.15, -0.1) is 0 Å². The lowest BCUT2D eigenvalue weighted by Crippen LogP contribution is -2.36. The van der Waals surface area contributed by atoms with E-state index in [-0.39, 0.29) is 0 Å². The van der Waals surface area contributed by atoms with Crippen molar-refractivity contribution in [1.82, 2.24) is 5.32 Å². The van der Waals surface area contributed by atoms with Crippen LogP contribution in [0.3, 0.4) is 0 Å². The summed E-state index contributed by atoms with van der Waals surface area (Å²) in [4.78, 5) is 0. The minimum atomic E-state index is 0.369. The van der Waals surface area contributed by atoms with Gasteiger partial charge in [0.15, 0.2) is 0 Å². The molecule has 0 aliphatic heterocycles. The Balaban J connectivity index is 1.96. The largest absolute Gasteiger partial charge is 0.383 e. The first-order chi connectivity index (χ1) is 8.20. The summed E-state index contributed by atoms with van der Waals surface area (Å²) in [5.41, 5.74) is 1.32. The summed E-state index contributed by atoms with van der Waals surface area (Å²) in [5, 5.41) is 3.68. The fraction of sp³-hybridized carbons (Fsp3) is 0.571. The monoisotopic (exact) mass is 297 g/mol. The quantitative estimate of drug-likeness (QED) is 0.867. The van der Waals surface area contributed by atoms with E-state index in [2.05, 4.69) is 52.4 Å². The zero-order valence-corrected chi connectivity index (χ0v) is 12.0. The van der Waals surface area contributed by atoms with Crippen LogP contribution in [0.5, 0.6) is 0 Å². The molecule has 2 atom stereocenters. The van der Waals surface area contributed by atoms with E-state index in [1.807, 2.05) is 0 Å². The van der Waals surface area contributed by atoms with Gasteiger partial charge in [-0.2, -0.15) is 0 Å². The van der Waals surface area contributed by atoms with Crippen LogP contribution < -0.4 is 5.32 Å². The molecule has 2 rings (SSSR count). The molecule has 0 radical (unpaired) electrons. The lowest BCUT2D eigenvalue weighted by atomic mass is 10.1. The fourth-order valence-electron chi connectivity index (χ4n) is 2.19. The molecule has 3 heteroatoms. The molecule has 1 saturated carbocycles. The Morgan fingerprint density at radius 2 is 2.24 bits per heavy atom. The van der Waals surface area contributed by atoms with Crippen LogP contribution in [0.15, 0.2) is 28.7 Å². The Kier molecular flexibility index (Phi) is 4.60. The molecule has 1 aromatic rings. The first kappa shape index (κ1) is 13.1. The smallest absolute Gasteiger partial charge is 0.0618 e. The molecule has 17 heavy (non-hydrogen) atoms. The summed E-state index contributed by atoms with van der Waals surface area (Å²) in [6, 6.07) is 9.35. The van der Waals surface area contributed by atoms with E-state index >= 15 is 0 Å². The second-order valence-corrected chi connectivity index (χ2v) is 5.76. The third-order valence-corrected chi connectivity index (χ3v) is 3.84. The van der Waals surface area contributed by atoms with Gasteiger partial charge in [-0.3, -0.25) is 0 Å². The molecule has 94 valence electrons. The molecule has 0 bridgehead atoms. The van der Waals surface area contributed by atoms with Crippen LogP contribution in [0, 0.1) is 5.92 Å². The Bertz CT molecular complexity index is 365. The molecule has 0 aromatic heterocycles. The van der Waals surface area contributed by atoms with Crippen LogP contribution in [-0.2, 0) is 4.74 Å². The van der Waals surface area contributed by atoms with E-state index in [4.69, 9.17) is 4.74 Å². The highest BCUT2D eigenvalue weighted by atomic mass is 79.9. The SMILES string of the molecule is COCC(NC(C)c1cccc(Br)c1)C1CC1. The Labute approximate surface area is 112 Å². The summed E-state index contributed by atoms with van der Waals surface area (Å²) in [6.07, 6.45) is 2.68. The van der Waals surface area contributed by atoms with Crippen LogP contribution in [0.4, 0.5) is 0 Å². The molecule has 2 unspecified atom stereocenters. The van der Waals surface area contributed by atoms with E-state index < -0.39 is 0 Å². The lowest BCUT2D eigenvalue weighted by Gasteiger charge is -2.23. The molecule has 2 nitrogen and oxygen atoms in total. The predicted octanol–water partition coefficient (Wildman–Crippen LogP) is 3.52. The number of hydrogen-bond donors (Lipinski definition) is 1. The lowest BCUT2D eigenvalue weighted by molar-refractivity contribution is 0.152. The van der Waals surface area contributed by atoms with Crippen molar-refractivity contribution in [2.45, 2.75) is 31.8 Å². The molecule has 1 aliphatic rings. The second-order valence-electron chi connectivity index (χ2n) is 4.84. The molecule has 1 aliphatic carbocycles. The number of methoxy groups -OCH3 is 1. The number of nitrogens with one attached hydrogen (secondary N) is 1. The van der Waals surface area contributed by atoms with Crippen molar-refractivity contribution in [3.63, 3.8) is 0 Å². The summed E-state index contributed by atoms with van der Waals surface area (Å²) in [6.45, 7) is 3.02. The molecule has 0 saturated heterocycles. The van der Waals surface area contributed by atoms with E-state index in [1.54, 1.807) is 7.11 Å². The van der Waals surface area contributed by atoms with E-state index in [1.165, 1.54) is 18.4 Å². The van der Waals surface area contributed by atoms with Crippen molar-refractivity contribution in [2.75, 3.05) is 13.7 Å². The van der Waals surface area contributed by atoms with Crippen molar-refractivity contribution in [3.8, 4) is 0 Å². The third-order valence-electron chi connectivity index (χ3n) is 3.35. The van der Waals surface area contributed by atoms with Crippen LogP contribution in [0.25, 0.3) is 0 Å². The molecule has 0 amide bonds. The highest BCUT2D eigenvalue weighted by Crippen LogP contribution is 2.34. The Morgan fingerprint density at radius 1 is 1.47 bits per heavy atom. The standard InChI is InChI=1S/C14H20BrNO/c1-10(12-4-3-5-13(15)8-12)16-14(9-17-2)11-6-7-11/h3-5,8,10-11,14,16H,6-7,9H2,1-2H3. The number of hydrogen-bond acceptors (Lipinski definition) is 2. The van der Waals surface area contributed by atoms with Gasteiger partial charge in [0.2, 0.25) is 0 Å². The summed E-state index contributed by atoms with van der Waals surface area (Å²) < 4.78 is 6.43. The van der Waals surface area contributed by atoms with Crippen LogP contribution in [0.1, 0.15) is 31.4 Å². The van der Waals surface area contributed by atoms with Crippen molar-refractivity contribution < 1.29 is 4.74 Å². The normalized spacial score (nSPS) is 19.0. The first-order valence-electron chi connectivity index (χ1n) is 6.21. The van der Waals surface area contributed by atoms with Gasteiger partial charge in [-0.1, -0.05) is 28.1 Å². The maximum absolute atomic E-state index is 5.29. The van der Waals surface area contributed by atoms with Gasteiger partial charge in [0.1, 0.15) is 0 Å². The molecule has 0 spiro atoms. The van der Waals surface area contributed by atoms with Crippen LogP contribution in [0.2, 0.25) is 0 Å². The minimum Gasteiger partial charge on any atom is -0.383 e. The van der Waals surface area contributed by atoms with Gasteiger partial charge in [-0.05, 0) is 43.4 Å². The topological polar surface area (TPSA) is 21.3 Å². The average molecular weight is 298 g/mol. The second kappa shape index (κ2) is 5.98. The number of ether oxygens (including phenoxy) is 1. The molecule has 1 aromatic carbocycles. The summed E-state index contributed by atoms with van der Waals surface area (Å²) >= 11 is 3.52. The van der Waals surface area contributed by atoms with Crippen molar-refractivity contribution in [1.29, 1.82) is 0 Å². The molecule has 1 N–H and O–H groups in total. The molecule has 0 heterocycles. The first-order valence-corrected chi connectivity index (χ1v) is 7.00. The average Bonchev–Trinajstić information content (AvgIpc) is 3.12. The minimum absolute atomic E-state index is 0.369. The van der Waals surface area contributed by atoms with Crippen molar-refractivity contribution >= 4 is 15.9 Å². The van der Waals surface area contributed by atoms with E-state index in [0.29, 0.717) is 12.1 Å². The molecule has 1 fully saturated rings.